The lowest BCUT2D eigenvalue weighted by molar-refractivity contribution is 0.141. The predicted octanol–water partition coefficient (Wildman–Crippen LogP) is 15.8. The maximum atomic E-state index is 3.95. The van der Waals surface area contributed by atoms with Gasteiger partial charge in [-0.3, -0.25) is 0 Å². The molecular formula is C50H74S. The smallest absolute Gasteiger partial charge is 0.0383 e. The molecule has 5 aliphatic carbocycles. The molecule has 1 aromatic heterocycles. The second kappa shape index (κ2) is 18.6. The minimum Gasteiger partial charge on any atom is -0.143 e. The van der Waals surface area contributed by atoms with E-state index in [9.17, 15) is 0 Å². The molecule has 0 nitrogen and oxygen atoms in total. The summed E-state index contributed by atoms with van der Waals surface area (Å²) in [5.41, 5.74) is 6.77. The van der Waals surface area contributed by atoms with Gasteiger partial charge in [-0.25, -0.2) is 0 Å². The minimum absolute atomic E-state index is 0.577. The van der Waals surface area contributed by atoms with Crippen LogP contribution >= 0.6 is 11.3 Å². The summed E-state index contributed by atoms with van der Waals surface area (Å²) in [4.78, 5) is 0. The Hall–Kier alpha value is -1.60. The molecule has 2 aromatic rings. The summed E-state index contributed by atoms with van der Waals surface area (Å²) in [6.07, 6.45) is 46.9. The van der Waals surface area contributed by atoms with E-state index in [1.807, 2.05) is 11.3 Å². The lowest BCUT2D eigenvalue weighted by Crippen LogP contribution is -2.26. The maximum Gasteiger partial charge on any atom is 0.0383 e. The van der Waals surface area contributed by atoms with Gasteiger partial charge in [0.15, 0.2) is 0 Å². The van der Waals surface area contributed by atoms with Gasteiger partial charge in [0.05, 0.1) is 0 Å². The van der Waals surface area contributed by atoms with Crippen molar-refractivity contribution in [1.82, 2.24) is 0 Å². The Labute approximate surface area is 318 Å². The Bertz CT molecular complexity index is 1410. The average molecular weight is 707 g/mol. The molecule has 4 saturated carbocycles. The van der Waals surface area contributed by atoms with Crippen LogP contribution in [-0.2, 0) is 12.8 Å². The van der Waals surface area contributed by atoms with Crippen LogP contribution in [0.25, 0.3) is 16.2 Å². The summed E-state index contributed by atoms with van der Waals surface area (Å²) < 4.78 is 1.63. The third-order valence-corrected chi connectivity index (χ3v) is 16.7. The number of thiophene rings is 1. The molecule has 0 unspecified atom stereocenters. The third-order valence-electron chi connectivity index (χ3n) is 15.7. The van der Waals surface area contributed by atoms with Crippen LogP contribution in [0.2, 0.25) is 0 Å². The van der Waals surface area contributed by atoms with Crippen LogP contribution in [0.3, 0.4) is 0 Å². The molecule has 0 N–H and O–H groups in total. The Morgan fingerprint density at radius 1 is 0.588 bits per heavy atom. The van der Waals surface area contributed by atoms with Crippen molar-refractivity contribution in [2.45, 2.75) is 180 Å². The molecule has 0 amide bonds. The number of benzene rings is 1. The van der Waals surface area contributed by atoms with E-state index in [0.29, 0.717) is 5.92 Å². The number of hydrogen-bond donors (Lipinski definition) is 0. The van der Waals surface area contributed by atoms with Gasteiger partial charge in [-0.15, -0.1) is 24.5 Å². The van der Waals surface area contributed by atoms with E-state index in [1.54, 1.807) is 32.3 Å². The Morgan fingerprint density at radius 3 is 1.47 bits per heavy atom. The van der Waals surface area contributed by atoms with Crippen LogP contribution in [0.15, 0.2) is 42.8 Å². The first kappa shape index (κ1) is 37.7. The predicted molar refractivity (Wildman–Crippen MR) is 226 cm³/mol. The van der Waals surface area contributed by atoms with Gasteiger partial charge in [0.25, 0.3) is 0 Å². The Balaban J connectivity index is 0.871. The van der Waals surface area contributed by atoms with Gasteiger partial charge in [0, 0.05) is 10.6 Å². The highest BCUT2D eigenvalue weighted by atomic mass is 32.1. The standard InChI is InChI=1S/C50H74S/c1-4-6-10-37-17-25-41(26-18-37)43-29-21-39(22-30-43)12-8-14-45-48-34-35-51-50(48)47(46-33-16-36(3)49(45)46)15-9-13-40-23-31-44(32-24-40)42-27-19-38(20-28-42)11-7-5-2/h4-5,16,33-44H,1-2,6-15,17-32H2,3H3/t36-,37?,38?,39?,40?,41?,42?,43?,44?/m0/s1. The van der Waals surface area contributed by atoms with Crippen LogP contribution in [0, 0.1) is 47.3 Å². The fraction of sp³-hybridized carbons (Fsp3) is 0.720. The summed E-state index contributed by atoms with van der Waals surface area (Å²) in [6, 6.07) is 2.50. The Kier molecular flexibility index (Phi) is 13.8. The molecule has 5 aliphatic rings. The van der Waals surface area contributed by atoms with Crippen molar-refractivity contribution < 1.29 is 0 Å². The highest BCUT2D eigenvalue weighted by molar-refractivity contribution is 7.17. The molecule has 1 heteroatoms. The summed E-state index contributed by atoms with van der Waals surface area (Å²) in [7, 11) is 0. The third kappa shape index (κ3) is 9.38. The maximum absolute atomic E-state index is 3.95. The van der Waals surface area contributed by atoms with E-state index in [4.69, 9.17) is 0 Å². The average Bonchev–Trinajstić information content (AvgIpc) is 3.82. The first-order valence-electron chi connectivity index (χ1n) is 22.6. The van der Waals surface area contributed by atoms with Crippen LogP contribution in [-0.4, -0.2) is 0 Å². The summed E-state index contributed by atoms with van der Waals surface area (Å²) in [5, 5.41) is 4.03. The van der Waals surface area contributed by atoms with Gasteiger partial charge in [-0.05, 0) is 189 Å². The first-order valence-corrected chi connectivity index (χ1v) is 23.4. The molecule has 4 fully saturated rings. The highest BCUT2D eigenvalue weighted by Gasteiger charge is 2.33. The molecule has 51 heavy (non-hydrogen) atoms. The molecule has 1 aromatic carbocycles. The van der Waals surface area contributed by atoms with Crippen molar-refractivity contribution >= 4 is 27.5 Å². The van der Waals surface area contributed by atoms with Crippen molar-refractivity contribution in [2.24, 2.45) is 47.3 Å². The topological polar surface area (TPSA) is 0 Å². The van der Waals surface area contributed by atoms with E-state index in [0.717, 1.165) is 47.3 Å². The van der Waals surface area contributed by atoms with Crippen molar-refractivity contribution in [2.75, 3.05) is 0 Å². The number of rotatable bonds is 16. The fourth-order valence-electron chi connectivity index (χ4n) is 12.6. The molecule has 0 saturated heterocycles. The molecule has 0 aliphatic heterocycles. The zero-order chi connectivity index (χ0) is 35.0. The van der Waals surface area contributed by atoms with Gasteiger partial charge in [-0.1, -0.05) is 95.4 Å². The van der Waals surface area contributed by atoms with Gasteiger partial charge < -0.3 is 0 Å². The molecule has 1 heterocycles. The van der Waals surface area contributed by atoms with E-state index < -0.39 is 0 Å². The van der Waals surface area contributed by atoms with Crippen LogP contribution in [0.4, 0.5) is 0 Å². The molecule has 0 spiro atoms. The van der Waals surface area contributed by atoms with Gasteiger partial charge >= 0.3 is 0 Å². The molecule has 0 bridgehead atoms. The lowest BCUT2D eigenvalue weighted by atomic mass is 9.68. The zero-order valence-corrected chi connectivity index (χ0v) is 33.7. The zero-order valence-electron chi connectivity index (χ0n) is 32.9. The van der Waals surface area contributed by atoms with E-state index in [-0.39, 0.29) is 0 Å². The second-order valence-corrected chi connectivity index (χ2v) is 19.7. The number of fused-ring (bicyclic) bond motifs is 2. The monoisotopic (exact) mass is 707 g/mol. The SMILES string of the molecule is C=CCCC1CCC(C2CCC(CCCc3c4c(c(CCCC5CCC(C6CCC(CCC=C)CC6)CC5)c5sccc35)C=C[C@@H]4C)CC2)CC1. The van der Waals surface area contributed by atoms with Crippen molar-refractivity contribution in [1.29, 1.82) is 0 Å². The molecule has 0 radical (unpaired) electrons. The summed E-state index contributed by atoms with van der Waals surface area (Å²) >= 11 is 2.04. The van der Waals surface area contributed by atoms with Crippen LogP contribution < -0.4 is 0 Å². The quantitative estimate of drug-likeness (QED) is 0.152. The molecule has 1 atom stereocenters. The van der Waals surface area contributed by atoms with Gasteiger partial charge in [0.1, 0.15) is 0 Å². The lowest BCUT2D eigenvalue weighted by Gasteiger charge is -2.38. The number of aryl methyl sites for hydroxylation is 2. The number of hydrogen-bond acceptors (Lipinski definition) is 1. The first-order chi connectivity index (χ1) is 25.1. The minimum atomic E-state index is 0.577. The second-order valence-electron chi connectivity index (χ2n) is 18.7. The number of allylic oxidation sites excluding steroid dienone is 3. The molecule has 280 valence electrons. The molecule has 7 rings (SSSR count). The van der Waals surface area contributed by atoms with Gasteiger partial charge in [0.2, 0.25) is 0 Å². The summed E-state index contributed by atoms with van der Waals surface area (Å²) in [6.45, 7) is 10.4. The molecular weight excluding hydrogens is 633 g/mol. The largest absolute Gasteiger partial charge is 0.143 e. The van der Waals surface area contributed by atoms with Crippen molar-refractivity contribution in [3.63, 3.8) is 0 Å². The van der Waals surface area contributed by atoms with E-state index in [2.05, 4.69) is 55.8 Å². The normalized spacial score (nSPS) is 32.6. The van der Waals surface area contributed by atoms with E-state index in [1.165, 1.54) is 167 Å². The van der Waals surface area contributed by atoms with Crippen LogP contribution in [0.5, 0.6) is 0 Å². The Morgan fingerprint density at radius 2 is 1.02 bits per heavy atom. The fourth-order valence-corrected chi connectivity index (χ4v) is 13.6. The summed E-state index contributed by atoms with van der Waals surface area (Å²) in [5.74, 6) is 8.65. The van der Waals surface area contributed by atoms with Gasteiger partial charge in [-0.2, -0.15) is 0 Å². The van der Waals surface area contributed by atoms with Crippen LogP contribution in [0.1, 0.15) is 189 Å². The van der Waals surface area contributed by atoms with Crippen molar-refractivity contribution in [3.8, 4) is 0 Å². The van der Waals surface area contributed by atoms with Crippen molar-refractivity contribution in [3.05, 3.63) is 65.1 Å². The highest BCUT2D eigenvalue weighted by Crippen LogP contribution is 2.47. The van der Waals surface area contributed by atoms with E-state index >= 15 is 0 Å².